The molecule has 0 heterocycles. The van der Waals surface area contributed by atoms with E-state index in [0.29, 0.717) is 0 Å². The van der Waals surface area contributed by atoms with Crippen LogP contribution in [0, 0.1) is 5.92 Å². The van der Waals surface area contributed by atoms with E-state index in [1.54, 1.807) is 0 Å². The molecule has 0 aromatic heterocycles. The summed E-state index contributed by atoms with van der Waals surface area (Å²) < 4.78 is 6.05. The van der Waals surface area contributed by atoms with Crippen LogP contribution in [0.4, 0.5) is 5.69 Å². The fraction of sp³-hybridized carbons (Fsp3) is 0.265. The monoisotopic (exact) mass is 505 g/mol. The first-order valence-corrected chi connectivity index (χ1v) is 13.2. The second kappa shape index (κ2) is 10.1. The summed E-state index contributed by atoms with van der Waals surface area (Å²) in [7, 11) is 0. The Morgan fingerprint density at radius 3 is 1.76 bits per heavy atom. The first-order valence-electron chi connectivity index (χ1n) is 13.2. The van der Waals surface area contributed by atoms with Crippen molar-refractivity contribution in [1.82, 2.24) is 0 Å². The standard InChI is InChI=1S/C34H35NO3/c1-24(23-36)31(32(37)38-33(2,3)4)35(26-17-9-6-10-18-26)34(25-15-7-5-8-16-25)29-21-13-11-19-27(29)28-20-12-14-22-30(28)34/h5-22,24,31,36H,23H2,1-4H3/t24-,31-/m0/s1. The van der Waals surface area contributed by atoms with Crippen LogP contribution in [0.5, 0.6) is 0 Å². The summed E-state index contributed by atoms with van der Waals surface area (Å²) in [6, 6.07) is 36.5. The van der Waals surface area contributed by atoms with Crippen LogP contribution in [-0.4, -0.2) is 29.3 Å². The molecule has 38 heavy (non-hydrogen) atoms. The number of hydrogen-bond acceptors (Lipinski definition) is 4. The van der Waals surface area contributed by atoms with Gasteiger partial charge in [0.1, 0.15) is 17.2 Å². The van der Waals surface area contributed by atoms with Gasteiger partial charge in [-0.25, -0.2) is 4.79 Å². The minimum Gasteiger partial charge on any atom is -0.458 e. The molecule has 2 atom stereocenters. The molecule has 1 N–H and O–H groups in total. The number of nitrogens with zero attached hydrogens (tertiary/aromatic N) is 1. The van der Waals surface area contributed by atoms with Gasteiger partial charge in [-0.05, 0) is 60.7 Å². The lowest BCUT2D eigenvalue weighted by molar-refractivity contribution is -0.158. The molecule has 1 aliphatic rings. The zero-order valence-electron chi connectivity index (χ0n) is 22.5. The van der Waals surface area contributed by atoms with Crippen molar-refractivity contribution in [2.45, 2.75) is 44.9 Å². The molecule has 0 unspecified atom stereocenters. The van der Waals surface area contributed by atoms with Crippen molar-refractivity contribution in [3.05, 3.63) is 126 Å². The molecule has 0 spiro atoms. The Morgan fingerprint density at radius 2 is 1.26 bits per heavy atom. The second-order valence-electron chi connectivity index (χ2n) is 11.0. The number of para-hydroxylation sites is 1. The van der Waals surface area contributed by atoms with E-state index in [0.717, 1.165) is 33.5 Å². The van der Waals surface area contributed by atoms with Crippen molar-refractivity contribution in [2.24, 2.45) is 5.92 Å². The average molecular weight is 506 g/mol. The van der Waals surface area contributed by atoms with Gasteiger partial charge in [-0.1, -0.05) is 104 Å². The number of fused-ring (bicyclic) bond motifs is 3. The number of esters is 1. The highest BCUT2D eigenvalue weighted by atomic mass is 16.6. The van der Waals surface area contributed by atoms with Crippen molar-refractivity contribution >= 4 is 11.7 Å². The van der Waals surface area contributed by atoms with Gasteiger partial charge in [0.15, 0.2) is 0 Å². The Balaban J connectivity index is 1.92. The number of benzene rings is 4. The number of ether oxygens (including phenoxy) is 1. The van der Waals surface area contributed by atoms with E-state index < -0.39 is 23.1 Å². The predicted molar refractivity (Wildman–Crippen MR) is 153 cm³/mol. The van der Waals surface area contributed by atoms with Gasteiger partial charge in [0.25, 0.3) is 0 Å². The number of aliphatic hydroxyl groups is 1. The molecule has 4 aromatic rings. The molecule has 0 fully saturated rings. The smallest absolute Gasteiger partial charge is 0.329 e. The van der Waals surface area contributed by atoms with Gasteiger partial charge in [0, 0.05) is 18.2 Å². The van der Waals surface area contributed by atoms with E-state index in [1.165, 1.54) is 0 Å². The summed E-state index contributed by atoms with van der Waals surface area (Å²) >= 11 is 0. The fourth-order valence-electron chi connectivity index (χ4n) is 5.81. The molecule has 4 aromatic carbocycles. The summed E-state index contributed by atoms with van der Waals surface area (Å²) in [5.41, 5.74) is 4.84. The quantitative estimate of drug-likeness (QED) is 0.281. The number of carbonyl (C=O) groups excluding carboxylic acids is 1. The topological polar surface area (TPSA) is 49.8 Å². The fourth-order valence-corrected chi connectivity index (χ4v) is 5.81. The zero-order chi connectivity index (χ0) is 26.9. The lowest BCUT2D eigenvalue weighted by Crippen LogP contribution is -2.59. The number of hydrogen-bond donors (Lipinski definition) is 1. The van der Waals surface area contributed by atoms with Crippen molar-refractivity contribution in [3.63, 3.8) is 0 Å². The highest BCUT2D eigenvalue weighted by molar-refractivity contribution is 5.89. The lowest BCUT2D eigenvalue weighted by atomic mass is 9.76. The average Bonchev–Trinajstić information content (AvgIpc) is 3.22. The van der Waals surface area contributed by atoms with Gasteiger partial charge in [0.05, 0.1) is 0 Å². The molecule has 0 radical (unpaired) electrons. The zero-order valence-corrected chi connectivity index (χ0v) is 22.5. The van der Waals surface area contributed by atoms with Gasteiger partial charge in [-0.15, -0.1) is 0 Å². The van der Waals surface area contributed by atoms with Crippen LogP contribution in [0.25, 0.3) is 11.1 Å². The molecular formula is C34H35NO3. The largest absolute Gasteiger partial charge is 0.458 e. The molecule has 4 nitrogen and oxygen atoms in total. The van der Waals surface area contributed by atoms with Crippen LogP contribution in [0.15, 0.2) is 109 Å². The highest BCUT2D eigenvalue weighted by Crippen LogP contribution is 2.56. The van der Waals surface area contributed by atoms with Gasteiger partial charge < -0.3 is 14.7 Å². The predicted octanol–water partition coefficient (Wildman–Crippen LogP) is 6.80. The third kappa shape index (κ3) is 4.29. The van der Waals surface area contributed by atoms with E-state index in [2.05, 4.69) is 65.6 Å². The van der Waals surface area contributed by atoms with Crippen molar-refractivity contribution in [1.29, 1.82) is 0 Å². The van der Waals surface area contributed by atoms with Crippen molar-refractivity contribution in [2.75, 3.05) is 11.5 Å². The maximum atomic E-state index is 14.2. The summed E-state index contributed by atoms with van der Waals surface area (Å²) in [5, 5.41) is 10.5. The number of rotatable bonds is 7. The van der Waals surface area contributed by atoms with Crippen molar-refractivity contribution in [3.8, 4) is 11.1 Å². The molecular weight excluding hydrogens is 470 g/mol. The molecule has 0 saturated carbocycles. The normalized spacial score (nSPS) is 15.2. The maximum absolute atomic E-state index is 14.2. The van der Waals surface area contributed by atoms with Gasteiger partial charge in [-0.3, -0.25) is 0 Å². The van der Waals surface area contributed by atoms with Crippen LogP contribution in [-0.2, 0) is 15.1 Å². The summed E-state index contributed by atoms with van der Waals surface area (Å²) in [6.07, 6.45) is 0. The molecule has 0 aliphatic heterocycles. The van der Waals surface area contributed by atoms with Crippen LogP contribution in [0.3, 0.4) is 0 Å². The molecule has 194 valence electrons. The Hall–Kier alpha value is -3.89. The first-order chi connectivity index (χ1) is 18.3. The third-order valence-electron chi connectivity index (χ3n) is 7.26. The second-order valence-corrected chi connectivity index (χ2v) is 11.0. The van der Waals surface area contributed by atoms with E-state index >= 15 is 0 Å². The molecule has 0 saturated heterocycles. The lowest BCUT2D eigenvalue weighted by Gasteiger charge is -2.50. The molecule has 5 rings (SSSR count). The molecule has 0 bridgehead atoms. The summed E-state index contributed by atoms with van der Waals surface area (Å²) in [5.74, 6) is -0.773. The molecule has 4 heteroatoms. The maximum Gasteiger partial charge on any atom is 0.329 e. The molecule has 0 amide bonds. The Bertz CT molecular complexity index is 1360. The molecule has 1 aliphatic carbocycles. The minimum absolute atomic E-state index is 0.165. The van der Waals surface area contributed by atoms with E-state index in [1.807, 2.05) is 76.2 Å². The Kier molecular flexibility index (Phi) is 6.85. The van der Waals surface area contributed by atoms with Crippen LogP contribution in [0.2, 0.25) is 0 Å². The van der Waals surface area contributed by atoms with E-state index in [4.69, 9.17) is 4.74 Å². The highest BCUT2D eigenvalue weighted by Gasteiger charge is 2.54. The van der Waals surface area contributed by atoms with Gasteiger partial charge >= 0.3 is 5.97 Å². The minimum atomic E-state index is -0.846. The first kappa shape index (κ1) is 25.7. The SMILES string of the molecule is C[C@@H](CO)[C@@H](C(=O)OC(C)(C)C)N(c1ccccc1)C1(c2ccccc2)c2ccccc2-c2ccccc21. The Morgan fingerprint density at radius 1 is 0.789 bits per heavy atom. The van der Waals surface area contributed by atoms with E-state index in [9.17, 15) is 9.90 Å². The third-order valence-corrected chi connectivity index (χ3v) is 7.26. The van der Waals surface area contributed by atoms with E-state index in [-0.39, 0.29) is 12.6 Å². The number of carbonyl (C=O) groups is 1. The number of aliphatic hydroxyl groups excluding tert-OH is 1. The number of anilines is 1. The Labute approximate surface area is 225 Å². The van der Waals surface area contributed by atoms with Crippen LogP contribution < -0.4 is 4.90 Å². The summed E-state index contributed by atoms with van der Waals surface area (Å²) in [4.78, 5) is 16.3. The van der Waals surface area contributed by atoms with Crippen LogP contribution in [0.1, 0.15) is 44.4 Å². The van der Waals surface area contributed by atoms with Crippen molar-refractivity contribution < 1.29 is 14.6 Å². The summed E-state index contributed by atoms with van der Waals surface area (Å²) in [6.45, 7) is 7.39. The van der Waals surface area contributed by atoms with Crippen LogP contribution >= 0.6 is 0 Å². The van der Waals surface area contributed by atoms with Gasteiger partial charge in [-0.2, -0.15) is 0 Å². The van der Waals surface area contributed by atoms with Gasteiger partial charge in [0.2, 0.25) is 0 Å².